The number of rotatable bonds is 5. The molecule has 0 aliphatic heterocycles. The molecule has 10 heteroatoms. The molecule has 1 aromatic rings. The van der Waals surface area contributed by atoms with E-state index in [0.29, 0.717) is 0 Å². The zero-order valence-corrected chi connectivity index (χ0v) is 10.7. The Kier molecular flexibility index (Phi) is 5.43. The third-order valence-electron chi connectivity index (χ3n) is 2.14. The first-order chi connectivity index (χ1) is 9.08. The molecule has 0 atom stereocenters. The lowest BCUT2D eigenvalue weighted by atomic mass is 10.2. The van der Waals surface area contributed by atoms with Crippen LogP contribution in [0, 0.1) is 0 Å². The van der Waals surface area contributed by atoms with Crippen LogP contribution in [0.3, 0.4) is 0 Å². The fourth-order valence-corrected chi connectivity index (χ4v) is 1.49. The Bertz CT molecular complexity index is 446. The monoisotopic (exact) mass is 321 g/mol. The summed E-state index contributed by atoms with van der Waals surface area (Å²) in [5.41, 5.74) is 0. The van der Waals surface area contributed by atoms with Gasteiger partial charge in [0, 0.05) is 19.0 Å². The summed E-state index contributed by atoms with van der Waals surface area (Å²) in [6, 6.07) is 1.07. The predicted octanol–water partition coefficient (Wildman–Crippen LogP) is 4.29. The minimum Gasteiger partial charge on any atom is -0.370 e. The van der Waals surface area contributed by atoms with E-state index in [4.69, 9.17) is 11.6 Å². The molecule has 3 nitrogen and oxygen atoms in total. The van der Waals surface area contributed by atoms with Crippen molar-refractivity contribution < 1.29 is 26.3 Å². The van der Waals surface area contributed by atoms with Gasteiger partial charge in [0.15, 0.2) is 0 Å². The van der Waals surface area contributed by atoms with Crippen molar-refractivity contribution in [2.75, 3.05) is 11.9 Å². The average Bonchev–Trinajstić information content (AvgIpc) is 2.25. The number of unbranched alkanes of at least 4 members (excludes halogenated alkanes) is 1. The van der Waals surface area contributed by atoms with Crippen LogP contribution in [0.2, 0.25) is 5.15 Å². The van der Waals surface area contributed by atoms with Gasteiger partial charge in [-0.3, -0.25) is 0 Å². The van der Waals surface area contributed by atoms with Gasteiger partial charge in [-0.05, 0) is 12.8 Å². The highest BCUT2D eigenvalue weighted by Gasteiger charge is 2.35. The molecule has 0 aromatic carbocycles. The molecule has 0 saturated heterocycles. The highest BCUT2D eigenvalue weighted by molar-refractivity contribution is 6.29. The largest absolute Gasteiger partial charge is 0.451 e. The van der Waals surface area contributed by atoms with Crippen LogP contribution in [0.25, 0.3) is 0 Å². The molecule has 1 N–H and O–H groups in total. The molecule has 0 saturated carbocycles. The van der Waals surface area contributed by atoms with Crippen molar-refractivity contribution in [1.29, 1.82) is 0 Å². The molecule has 20 heavy (non-hydrogen) atoms. The van der Waals surface area contributed by atoms with Crippen LogP contribution in [0.15, 0.2) is 6.07 Å². The van der Waals surface area contributed by atoms with Gasteiger partial charge in [-0.25, -0.2) is 9.97 Å². The lowest BCUT2D eigenvalue weighted by molar-refractivity contribution is -0.144. The minimum atomic E-state index is -4.74. The van der Waals surface area contributed by atoms with Gasteiger partial charge in [-0.1, -0.05) is 11.6 Å². The highest BCUT2D eigenvalue weighted by atomic mass is 35.5. The van der Waals surface area contributed by atoms with Crippen molar-refractivity contribution >= 4 is 17.4 Å². The molecule has 0 radical (unpaired) electrons. The van der Waals surface area contributed by atoms with Gasteiger partial charge in [0.05, 0.1) is 0 Å². The second kappa shape index (κ2) is 6.47. The molecule has 0 aliphatic rings. The fraction of sp³-hybridized carbons (Fsp3) is 0.600. The van der Waals surface area contributed by atoms with E-state index in [1.807, 2.05) is 0 Å². The van der Waals surface area contributed by atoms with Crippen molar-refractivity contribution in [2.24, 2.45) is 0 Å². The maximum absolute atomic E-state index is 12.4. The van der Waals surface area contributed by atoms with Gasteiger partial charge in [-0.2, -0.15) is 26.3 Å². The lowest BCUT2D eigenvalue weighted by Crippen LogP contribution is -2.14. The number of hydrogen-bond acceptors (Lipinski definition) is 3. The quantitative estimate of drug-likeness (QED) is 0.499. The van der Waals surface area contributed by atoms with E-state index >= 15 is 0 Å². The number of anilines is 1. The van der Waals surface area contributed by atoms with Crippen LogP contribution < -0.4 is 5.32 Å². The van der Waals surface area contributed by atoms with Crippen molar-refractivity contribution in [2.45, 2.75) is 31.6 Å². The van der Waals surface area contributed by atoms with Crippen LogP contribution >= 0.6 is 11.6 Å². The molecular weight excluding hydrogens is 312 g/mol. The summed E-state index contributed by atoms with van der Waals surface area (Å²) in [5.74, 6) is -1.58. The van der Waals surface area contributed by atoms with Crippen LogP contribution in [0.5, 0.6) is 0 Å². The number of halogens is 7. The van der Waals surface area contributed by atoms with Gasteiger partial charge in [0.1, 0.15) is 11.0 Å². The molecule has 0 fully saturated rings. The number of nitrogens with zero attached hydrogens (tertiary/aromatic N) is 2. The van der Waals surface area contributed by atoms with Gasteiger partial charge in [0.2, 0.25) is 5.82 Å². The van der Waals surface area contributed by atoms with Crippen LogP contribution in [0.4, 0.5) is 32.2 Å². The third kappa shape index (κ3) is 6.27. The van der Waals surface area contributed by atoms with Gasteiger partial charge in [0.25, 0.3) is 0 Å². The molecule has 0 amide bonds. The summed E-state index contributed by atoms with van der Waals surface area (Å²) in [4.78, 5) is 6.22. The average molecular weight is 322 g/mol. The van der Waals surface area contributed by atoms with E-state index in [0.717, 1.165) is 6.07 Å². The van der Waals surface area contributed by atoms with Crippen LogP contribution in [-0.4, -0.2) is 22.7 Å². The first-order valence-corrected chi connectivity index (χ1v) is 5.88. The van der Waals surface area contributed by atoms with Crippen molar-refractivity contribution in [3.05, 3.63) is 17.0 Å². The molecular formula is C10H10ClF6N3. The maximum Gasteiger partial charge on any atom is 0.451 e. The number of hydrogen-bond donors (Lipinski definition) is 1. The Hall–Kier alpha value is -1.25. The summed E-state index contributed by atoms with van der Waals surface area (Å²) in [6.45, 7) is 0.0563. The van der Waals surface area contributed by atoms with Gasteiger partial charge in [-0.15, -0.1) is 0 Å². The zero-order valence-electron chi connectivity index (χ0n) is 9.95. The molecule has 0 aliphatic carbocycles. The SMILES string of the molecule is FC(F)(F)CCCCNc1cc(Cl)nc(C(F)(F)F)n1. The van der Waals surface area contributed by atoms with Crippen molar-refractivity contribution in [3.8, 4) is 0 Å². The summed E-state index contributed by atoms with van der Waals surface area (Å²) in [7, 11) is 0. The van der Waals surface area contributed by atoms with E-state index in [-0.39, 0.29) is 25.2 Å². The second-order valence-corrected chi connectivity index (χ2v) is 4.28. The van der Waals surface area contributed by atoms with E-state index in [2.05, 4.69) is 15.3 Å². The van der Waals surface area contributed by atoms with E-state index in [1.54, 1.807) is 0 Å². The molecule has 0 bridgehead atoms. The molecule has 0 spiro atoms. The van der Waals surface area contributed by atoms with Crippen molar-refractivity contribution in [3.63, 3.8) is 0 Å². The first kappa shape index (κ1) is 16.8. The first-order valence-electron chi connectivity index (χ1n) is 5.50. The van der Waals surface area contributed by atoms with E-state index in [9.17, 15) is 26.3 Å². The van der Waals surface area contributed by atoms with Crippen LogP contribution in [0.1, 0.15) is 25.1 Å². The molecule has 1 aromatic heterocycles. The summed E-state index contributed by atoms with van der Waals surface area (Å²) >= 11 is 5.42. The summed E-state index contributed by atoms with van der Waals surface area (Å²) in [5, 5.41) is 2.08. The number of aromatic nitrogens is 2. The van der Waals surface area contributed by atoms with E-state index < -0.39 is 29.8 Å². The fourth-order valence-electron chi connectivity index (χ4n) is 1.30. The molecule has 1 rings (SSSR count). The third-order valence-corrected chi connectivity index (χ3v) is 2.34. The molecule has 114 valence electrons. The smallest absolute Gasteiger partial charge is 0.370 e. The number of alkyl halides is 6. The summed E-state index contributed by atoms with van der Waals surface area (Å²) in [6.07, 6.45) is -9.89. The Morgan fingerprint density at radius 3 is 2.25 bits per heavy atom. The Balaban J connectivity index is 2.50. The Labute approximate surface area is 115 Å². The normalized spacial score (nSPS) is 12.6. The standard InChI is InChI=1S/C10H10ClF6N3/c11-6-5-7(20-8(19-6)10(15,16)17)18-4-2-1-3-9(12,13)14/h5H,1-4H2,(H,18,19,20). The van der Waals surface area contributed by atoms with Gasteiger partial charge >= 0.3 is 12.4 Å². The highest BCUT2D eigenvalue weighted by Crippen LogP contribution is 2.28. The Morgan fingerprint density at radius 1 is 1.05 bits per heavy atom. The van der Waals surface area contributed by atoms with E-state index in [1.165, 1.54) is 0 Å². The Morgan fingerprint density at radius 2 is 1.70 bits per heavy atom. The molecule has 0 unspecified atom stereocenters. The topological polar surface area (TPSA) is 37.8 Å². The predicted molar refractivity (Wildman–Crippen MR) is 60.4 cm³/mol. The zero-order chi connectivity index (χ0) is 15.4. The molecule has 1 heterocycles. The minimum absolute atomic E-state index is 0.0563. The maximum atomic E-state index is 12.4. The van der Waals surface area contributed by atoms with Crippen LogP contribution in [-0.2, 0) is 6.18 Å². The van der Waals surface area contributed by atoms with Crippen molar-refractivity contribution in [1.82, 2.24) is 9.97 Å². The second-order valence-electron chi connectivity index (χ2n) is 3.90. The summed E-state index contributed by atoms with van der Waals surface area (Å²) < 4.78 is 72.7. The number of nitrogens with one attached hydrogen (secondary N) is 1. The lowest BCUT2D eigenvalue weighted by Gasteiger charge is -2.10. The van der Waals surface area contributed by atoms with Gasteiger partial charge < -0.3 is 5.32 Å².